The first-order valence-electron chi connectivity index (χ1n) is 7.77. The van der Waals surface area contributed by atoms with Crippen molar-refractivity contribution in [1.29, 1.82) is 0 Å². The van der Waals surface area contributed by atoms with E-state index in [4.69, 9.17) is 0 Å². The summed E-state index contributed by atoms with van der Waals surface area (Å²) < 4.78 is 25.1. The summed E-state index contributed by atoms with van der Waals surface area (Å²) in [5.41, 5.74) is 1.61. The molecule has 7 heteroatoms. The van der Waals surface area contributed by atoms with Crippen LogP contribution in [0.2, 0.25) is 0 Å². The van der Waals surface area contributed by atoms with Gasteiger partial charge in [0, 0.05) is 48.3 Å². The predicted octanol–water partition coefficient (Wildman–Crippen LogP) is 1.27. The minimum absolute atomic E-state index is 0.0194. The van der Waals surface area contributed by atoms with Gasteiger partial charge in [-0.2, -0.15) is 4.31 Å². The lowest BCUT2D eigenvalue weighted by atomic mass is 9.84. The molecule has 2 aromatic rings. The molecule has 0 bridgehead atoms. The predicted molar refractivity (Wildman–Crippen MR) is 87.6 cm³/mol. The van der Waals surface area contributed by atoms with Gasteiger partial charge >= 0.3 is 0 Å². The molecule has 0 saturated carbocycles. The van der Waals surface area contributed by atoms with Crippen molar-refractivity contribution >= 4 is 26.8 Å². The van der Waals surface area contributed by atoms with E-state index in [1.165, 1.54) is 10.6 Å². The van der Waals surface area contributed by atoms with Gasteiger partial charge in [0.15, 0.2) is 0 Å². The monoisotopic (exact) mass is 333 g/mol. The minimum Gasteiger partial charge on any atom is -0.361 e. The highest BCUT2D eigenvalue weighted by molar-refractivity contribution is 7.88. The van der Waals surface area contributed by atoms with Crippen LogP contribution in [0.1, 0.15) is 16.8 Å². The summed E-state index contributed by atoms with van der Waals surface area (Å²) in [6.07, 6.45) is 3.93. The Morgan fingerprint density at radius 2 is 2.09 bits per heavy atom. The molecule has 2 aliphatic rings. The number of piperidine rings is 1. The lowest BCUT2D eigenvalue weighted by molar-refractivity contribution is 0.0142. The van der Waals surface area contributed by atoms with Gasteiger partial charge in [-0.15, -0.1) is 0 Å². The maximum atomic E-state index is 12.9. The molecular weight excluding hydrogens is 314 g/mol. The van der Waals surface area contributed by atoms with Crippen molar-refractivity contribution in [1.82, 2.24) is 14.2 Å². The Labute approximate surface area is 135 Å². The molecule has 2 aliphatic heterocycles. The van der Waals surface area contributed by atoms with E-state index in [2.05, 4.69) is 4.98 Å². The number of sulfonamides is 1. The molecule has 23 heavy (non-hydrogen) atoms. The zero-order chi connectivity index (χ0) is 16.2. The molecule has 0 spiro atoms. The van der Waals surface area contributed by atoms with Crippen molar-refractivity contribution in [3.05, 3.63) is 36.0 Å². The Morgan fingerprint density at radius 1 is 1.26 bits per heavy atom. The average molecular weight is 333 g/mol. The molecule has 6 nitrogen and oxygen atoms in total. The first-order valence-corrected chi connectivity index (χ1v) is 9.62. The van der Waals surface area contributed by atoms with Crippen molar-refractivity contribution < 1.29 is 13.2 Å². The summed E-state index contributed by atoms with van der Waals surface area (Å²) >= 11 is 0. The van der Waals surface area contributed by atoms with Crippen LogP contribution in [0.3, 0.4) is 0 Å². The van der Waals surface area contributed by atoms with Gasteiger partial charge in [0.25, 0.3) is 5.91 Å². The topological polar surface area (TPSA) is 73.5 Å². The van der Waals surface area contributed by atoms with Crippen LogP contribution >= 0.6 is 0 Å². The summed E-state index contributed by atoms with van der Waals surface area (Å²) in [7, 11) is -3.19. The van der Waals surface area contributed by atoms with Gasteiger partial charge in [-0.3, -0.25) is 4.79 Å². The Hall–Kier alpha value is -1.86. The third kappa shape index (κ3) is 2.35. The molecule has 0 aliphatic carbocycles. The number of H-pyrrole nitrogens is 1. The highest BCUT2D eigenvalue weighted by Gasteiger charge is 2.47. The lowest BCUT2D eigenvalue weighted by Crippen LogP contribution is -2.65. The Morgan fingerprint density at radius 3 is 2.87 bits per heavy atom. The van der Waals surface area contributed by atoms with Crippen LogP contribution in [0.25, 0.3) is 10.9 Å². The zero-order valence-electron chi connectivity index (χ0n) is 12.9. The number of aromatic nitrogens is 1. The van der Waals surface area contributed by atoms with E-state index in [1.807, 2.05) is 30.5 Å². The number of rotatable bonds is 2. The van der Waals surface area contributed by atoms with Crippen LogP contribution in [-0.4, -0.2) is 60.4 Å². The van der Waals surface area contributed by atoms with Gasteiger partial charge in [-0.05, 0) is 30.5 Å². The number of aromatic amines is 1. The second-order valence-corrected chi connectivity index (χ2v) is 8.38. The van der Waals surface area contributed by atoms with Crippen LogP contribution in [0.4, 0.5) is 0 Å². The Bertz CT molecular complexity index is 874. The van der Waals surface area contributed by atoms with E-state index in [9.17, 15) is 13.2 Å². The van der Waals surface area contributed by atoms with E-state index >= 15 is 0 Å². The lowest BCUT2D eigenvalue weighted by Gasteiger charge is -2.51. The smallest absolute Gasteiger partial charge is 0.254 e. The van der Waals surface area contributed by atoms with Crippen LogP contribution in [0.15, 0.2) is 30.5 Å². The largest absolute Gasteiger partial charge is 0.361 e. The standard InChI is InChI=1S/C16H19N3O3S/c1-23(21,22)19-9-11-6-8-18(10-15(11)19)16(20)13-3-2-4-14-12(13)5-7-17-14/h2-5,7,11,15,17H,6,8-10H2,1H3/t11-,15-/m1/s1. The molecule has 2 fully saturated rings. The Kier molecular flexibility index (Phi) is 3.24. The van der Waals surface area contributed by atoms with Gasteiger partial charge in [0.05, 0.1) is 6.26 Å². The number of nitrogens with zero attached hydrogens (tertiary/aromatic N) is 2. The van der Waals surface area contributed by atoms with Crippen molar-refractivity contribution in [2.24, 2.45) is 5.92 Å². The average Bonchev–Trinajstić information content (AvgIpc) is 2.94. The molecule has 1 amide bonds. The van der Waals surface area contributed by atoms with E-state index < -0.39 is 10.0 Å². The molecule has 4 rings (SSSR count). The normalized spacial score (nSPS) is 25.2. The molecular formula is C16H19N3O3S. The molecule has 2 saturated heterocycles. The van der Waals surface area contributed by atoms with Crippen LogP contribution in [-0.2, 0) is 10.0 Å². The third-order valence-electron chi connectivity index (χ3n) is 5.04. The van der Waals surface area contributed by atoms with Crippen LogP contribution in [0.5, 0.6) is 0 Å². The molecule has 2 atom stereocenters. The Balaban J connectivity index is 1.59. The van der Waals surface area contributed by atoms with E-state index in [1.54, 1.807) is 4.90 Å². The van der Waals surface area contributed by atoms with Gasteiger partial charge < -0.3 is 9.88 Å². The first-order chi connectivity index (χ1) is 10.9. The fraction of sp³-hybridized carbons (Fsp3) is 0.438. The fourth-order valence-electron chi connectivity index (χ4n) is 3.76. The van der Waals surface area contributed by atoms with Crippen molar-refractivity contribution in [2.75, 3.05) is 25.9 Å². The first kappa shape index (κ1) is 14.7. The maximum Gasteiger partial charge on any atom is 0.254 e. The highest BCUT2D eigenvalue weighted by atomic mass is 32.2. The summed E-state index contributed by atoms with van der Waals surface area (Å²) in [4.78, 5) is 17.8. The molecule has 122 valence electrons. The highest BCUT2D eigenvalue weighted by Crippen LogP contribution is 2.35. The molecule has 0 unspecified atom stereocenters. The van der Waals surface area contributed by atoms with E-state index in [0.717, 1.165) is 17.3 Å². The number of amides is 1. The molecule has 1 aromatic heterocycles. The number of carbonyl (C=O) groups excluding carboxylic acids is 1. The summed E-state index contributed by atoms with van der Waals surface area (Å²) in [6.45, 7) is 1.77. The molecule has 0 radical (unpaired) electrons. The van der Waals surface area contributed by atoms with Crippen molar-refractivity contribution in [2.45, 2.75) is 12.5 Å². The van der Waals surface area contributed by atoms with Crippen LogP contribution < -0.4 is 0 Å². The summed E-state index contributed by atoms with van der Waals surface area (Å²) in [5.74, 6) is 0.367. The van der Waals surface area contributed by atoms with Gasteiger partial charge in [0.1, 0.15) is 0 Å². The van der Waals surface area contributed by atoms with Crippen molar-refractivity contribution in [3.63, 3.8) is 0 Å². The number of hydrogen-bond acceptors (Lipinski definition) is 3. The zero-order valence-corrected chi connectivity index (χ0v) is 13.7. The SMILES string of the molecule is CS(=O)(=O)N1C[C@H]2CCN(C(=O)c3cccc4[nH]ccc34)C[C@H]21. The quantitative estimate of drug-likeness (QED) is 0.899. The van der Waals surface area contributed by atoms with Gasteiger partial charge in [-0.1, -0.05) is 6.07 Å². The second-order valence-electron chi connectivity index (χ2n) is 6.44. The minimum atomic E-state index is -3.19. The summed E-state index contributed by atoms with van der Waals surface area (Å²) in [6, 6.07) is 7.48. The third-order valence-corrected chi connectivity index (χ3v) is 6.32. The number of benzene rings is 1. The fourth-order valence-corrected chi connectivity index (χ4v) is 4.95. The van der Waals surface area contributed by atoms with Crippen LogP contribution in [0, 0.1) is 5.92 Å². The summed E-state index contributed by atoms with van der Waals surface area (Å²) in [5, 5.41) is 0.910. The number of fused-ring (bicyclic) bond motifs is 2. The molecule has 1 aromatic carbocycles. The molecule has 1 N–H and O–H groups in total. The van der Waals surface area contributed by atoms with E-state index in [0.29, 0.717) is 31.1 Å². The number of hydrogen-bond donors (Lipinski definition) is 1. The molecule has 3 heterocycles. The maximum absolute atomic E-state index is 12.9. The number of carbonyl (C=O) groups is 1. The number of likely N-dealkylation sites (tertiary alicyclic amines) is 1. The number of nitrogens with one attached hydrogen (secondary N) is 1. The second kappa shape index (κ2) is 5.07. The van der Waals surface area contributed by atoms with Crippen molar-refractivity contribution in [3.8, 4) is 0 Å². The van der Waals surface area contributed by atoms with E-state index in [-0.39, 0.29) is 11.9 Å². The van der Waals surface area contributed by atoms with Gasteiger partial charge in [-0.25, -0.2) is 8.42 Å². The van der Waals surface area contributed by atoms with Gasteiger partial charge in [0.2, 0.25) is 10.0 Å².